The van der Waals surface area contributed by atoms with E-state index in [1.165, 1.54) is 180 Å². The molecule has 0 heterocycles. The molecule has 0 aliphatic rings. The molecule has 0 aromatic rings. The van der Waals surface area contributed by atoms with Gasteiger partial charge in [-0.2, -0.15) is 0 Å². The number of allylic oxidation sites excluding steroid dienone is 16. The zero-order chi connectivity index (χ0) is 61.9. The summed E-state index contributed by atoms with van der Waals surface area (Å²) in [7, 11) is 5.97. The molecule has 85 heavy (non-hydrogen) atoms. The molecule has 490 valence electrons. The van der Waals surface area contributed by atoms with Crippen molar-refractivity contribution in [3.8, 4) is 0 Å². The maximum atomic E-state index is 12.9. The van der Waals surface area contributed by atoms with E-state index in [0.29, 0.717) is 23.9 Å². The Bertz CT molecular complexity index is 1720. The van der Waals surface area contributed by atoms with Crippen molar-refractivity contribution in [1.29, 1.82) is 0 Å². The second-order valence-electron chi connectivity index (χ2n) is 24.8. The largest absolute Gasteiger partial charge is 0.477 e. The Morgan fingerprint density at radius 2 is 0.671 bits per heavy atom. The molecule has 0 aliphatic heterocycles. The summed E-state index contributed by atoms with van der Waals surface area (Å²) in [5, 5.41) is 9.73. The smallest absolute Gasteiger partial charge is 0.361 e. The van der Waals surface area contributed by atoms with E-state index in [0.717, 1.165) is 96.3 Å². The summed E-state index contributed by atoms with van der Waals surface area (Å²) >= 11 is 0. The average Bonchev–Trinajstić information content (AvgIpc) is 3.48. The van der Waals surface area contributed by atoms with Gasteiger partial charge in [0.2, 0.25) is 0 Å². The number of aliphatic carboxylic acids is 1. The number of carboxylic acids is 1. The van der Waals surface area contributed by atoms with Crippen molar-refractivity contribution < 1.29 is 42.9 Å². The molecule has 0 spiro atoms. The van der Waals surface area contributed by atoms with Gasteiger partial charge in [-0.1, -0.05) is 297 Å². The number of likely N-dealkylation sites (N-methyl/N-ethyl adjacent to an activating group) is 1. The van der Waals surface area contributed by atoms with Crippen LogP contribution in [-0.2, 0) is 33.3 Å². The third-order valence-electron chi connectivity index (χ3n) is 15.3. The fraction of sp³-hybridized carbons (Fsp3) is 0.750. The van der Waals surface area contributed by atoms with E-state index >= 15 is 0 Å². The number of rotatable bonds is 65. The van der Waals surface area contributed by atoms with E-state index in [9.17, 15) is 19.5 Å². The van der Waals surface area contributed by atoms with Gasteiger partial charge in [0.05, 0.1) is 34.4 Å². The van der Waals surface area contributed by atoms with E-state index in [1.54, 1.807) is 0 Å². The lowest BCUT2D eigenvalue weighted by atomic mass is 10.0. The van der Waals surface area contributed by atoms with Crippen molar-refractivity contribution >= 4 is 17.9 Å². The van der Waals surface area contributed by atoms with Crippen molar-refractivity contribution in [2.45, 2.75) is 322 Å². The molecule has 9 nitrogen and oxygen atoms in total. The molecule has 0 saturated carbocycles. The van der Waals surface area contributed by atoms with Crippen LogP contribution in [0.25, 0.3) is 0 Å². The minimum Gasteiger partial charge on any atom is -0.477 e. The highest BCUT2D eigenvalue weighted by atomic mass is 16.7. The summed E-state index contributed by atoms with van der Waals surface area (Å²) in [6.45, 7) is 4.75. The van der Waals surface area contributed by atoms with Gasteiger partial charge in [0.25, 0.3) is 6.29 Å². The van der Waals surface area contributed by atoms with Crippen LogP contribution in [0, 0.1) is 0 Å². The molecule has 1 N–H and O–H groups in total. The molecular formula is C76H134NO8+. The second-order valence-corrected chi connectivity index (χ2v) is 24.8. The summed E-state index contributed by atoms with van der Waals surface area (Å²) in [5.41, 5.74) is 0. The van der Waals surface area contributed by atoms with Crippen molar-refractivity contribution in [3.63, 3.8) is 0 Å². The molecule has 0 rings (SSSR count). The third kappa shape index (κ3) is 67.6. The first-order valence-electron chi connectivity index (χ1n) is 35.4. The first-order chi connectivity index (χ1) is 41.6. The number of hydrogen-bond acceptors (Lipinski definition) is 7. The lowest BCUT2D eigenvalue weighted by Gasteiger charge is -2.25. The highest BCUT2D eigenvalue weighted by molar-refractivity contribution is 5.71. The molecule has 2 unspecified atom stereocenters. The molecule has 2 atom stereocenters. The molecule has 0 aromatic heterocycles. The van der Waals surface area contributed by atoms with Gasteiger partial charge in [-0.3, -0.25) is 9.59 Å². The lowest BCUT2D eigenvalue weighted by Crippen LogP contribution is -2.40. The van der Waals surface area contributed by atoms with E-state index in [2.05, 4.69) is 111 Å². The number of ether oxygens (including phenoxy) is 4. The molecule has 0 radical (unpaired) electrons. The predicted octanol–water partition coefficient (Wildman–Crippen LogP) is 22.0. The number of carboxylic acid groups (broad SMARTS) is 1. The summed E-state index contributed by atoms with van der Waals surface area (Å²) in [5.74, 6) is -2.02. The van der Waals surface area contributed by atoms with Crippen LogP contribution in [0.1, 0.15) is 309 Å². The maximum Gasteiger partial charge on any atom is 0.361 e. The fourth-order valence-corrected chi connectivity index (χ4v) is 9.93. The quantitative estimate of drug-likeness (QED) is 0.0211. The van der Waals surface area contributed by atoms with Crippen LogP contribution in [0.5, 0.6) is 0 Å². The molecule has 0 amide bonds. The molecular weight excluding hydrogens is 1050 g/mol. The average molecular weight is 1190 g/mol. The Morgan fingerprint density at radius 3 is 1.00 bits per heavy atom. The number of nitrogens with zero attached hydrogens (tertiary/aromatic N) is 1. The second kappa shape index (κ2) is 66.2. The zero-order valence-electron chi connectivity index (χ0n) is 56.0. The van der Waals surface area contributed by atoms with Gasteiger partial charge in [-0.05, 0) is 96.3 Å². The third-order valence-corrected chi connectivity index (χ3v) is 15.3. The van der Waals surface area contributed by atoms with Gasteiger partial charge < -0.3 is 28.5 Å². The SMILES string of the molecule is CC/C=C\C/C=C\C/C=C\C/C=C\C/C=C\CCCCCCCC(=O)OC(COC(=O)CCCCCCCCCCCCCCCCCCCCCCCCCC/C=C\C/C=C\C/C=C\CCCCCCC)COC(OCC[N+](C)(C)C)C(=O)O. The Hall–Kier alpha value is -3.79. The number of quaternary nitrogens is 1. The van der Waals surface area contributed by atoms with Crippen molar-refractivity contribution in [3.05, 3.63) is 97.2 Å². The first-order valence-corrected chi connectivity index (χ1v) is 35.4. The number of unbranched alkanes of at least 4 members (excludes halogenated alkanes) is 34. The molecule has 9 heteroatoms. The highest BCUT2D eigenvalue weighted by Crippen LogP contribution is 2.18. The van der Waals surface area contributed by atoms with Crippen LogP contribution in [0.2, 0.25) is 0 Å². The Labute approximate surface area is 524 Å². The fourth-order valence-electron chi connectivity index (χ4n) is 9.93. The van der Waals surface area contributed by atoms with Crippen LogP contribution < -0.4 is 0 Å². The minimum atomic E-state index is -1.52. The summed E-state index contributed by atoms with van der Waals surface area (Å²) < 4.78 is 22.9. The molecule has 0 bridgehead atoms. The lowest BCUT2D eigenvalue weighted by molar-refractivity contribution is -0.870. The summed E-state index contributed by atoms with van der Waals surface area (Å²) in [6, 6.07) is 0. The van der Waals surface area contributed by atoms with Crippen molar-refractivity contribution in [2.75, 3.05) is 47.5 Å². The van der Waals surface area contributed by atoms with E-state index in [-0.39, 0.29) is 32.2 Å². The summed E-state index contributed by atoms with van der Waals surface area (Å²) in [4.78, 5) is 37.6. The number of esters is 2. The van der Waals surface area contributed by atoms with Gasteiger partial charge in [0, 0.05) is 12.8 Å². The highest BCUT2D eigenvalue weighted by Gasteiger charge is 2.25. The molecule has 0 saturated heterocycles. The van der Waals surface area contributed by atoms with Gasteiger partial charge in [-0.15, -0.1) is 0 Å². The Balaban J connectivity index is 4.02. The molecule has 0 aromatic carbocycles. The van der Waals surface area contributed by atoms with Crippen LogP contribution in [-0.4, -0.2) is 87.4 Å². The Morgan fingerprint density at radius 1 is 0.365 bits per heavy atom. The van der Waals surface area contributed by atoms with E-state index in [1.807, 2.05) is 21.1 Å². The van der Waals surface area contributed by atoms with Gasteiger partial charge in [0.15, 0.2) is 6.10 Å². The molecule has 0 aliphatic carbocycles. The van der Waals surface area contributed by atoms with Crippen LogP contribution >= 0.6 is 0 Å². The van der Waals surface area contributed by atoms with Crippen molar-refractivity contribution in [2.24, 2.45) is 0 Å². The van der Waals surface area contributed by atoms with Gasteiger partial charge >= 0.3 is 17.9 Å². The van der Waals surface area contributed by atoms with Crippen LogP contribution in [0.15, 0.2) is 97.2 Å². The number of hydrogen-bond donors (Lipinski definition) is 1. The number of carbonyl (C=O) groups is 3. The van der Waals surface area contributed by atoms with Crippen LogP contribution in [0.4, 0.5) is 0 Å². The zero-order valence-corrected chi connectivity index (χ0v) is 56.0. The monoisotopic (exact) mass is 1190 g/mol. The van der Waals surface area contributed by atoms with E-state index in [4.69, 9.17) is 18.9 Å². The Kier molecular flexibility index (Phi) is 63.2. The maximum absolute atomic E-state index is 12.9. The standard InChI is InChI=1S/C76H133NO8/c1-6-8-10-12-14-16-18-20-22-24-26-28-29-30-31-32-33-34-35-36-37-38-39-40-41-42-43-44-45-47-48-50-52-54-56-58-60-62-64-66-73(78)83-70-72(71-84-76(75(80)81)82-69-68-77(3,4)5)85-74(79)67-65-63-61-59-57-55-53-51-49-46-27-25-23-21-19-17-15-13-11-9-7-2/h9,11,15,17-18,20-21,23-24,26-27,29-30,46,51,53,72,76H,6-8,10,12-14,16,19,22,25,28,31-45,47-50,52,54-71H2,1-5H3/p+1/b11-9-,17-15-,20-18-,23-21-,26-24-,30-29-,46-27-,53-51-. The van der Waals surface area contributed by atoms with E-state index < -0.39 is 24.3 Å². The topological polar surface area (TPSA) is 108 Å². The summed E-state index contributed by atoms with van der Waals surface area (Å²) in [6.07, 6.45) is 88.2. The normalized spacial score (nSPS) is 13.3. The predicted molar refractivity (Wildman–Crippen MR) is 364 cm³/mol. The first kappa shape index (κ1) is 81.2. The number of carbonyl (C=O) groups excluding carboxylic acids is 2. The van der Waals surface area contributed by atoms with Crippen molar-refractivity contribution in [1.82, 2.24) is 0 Å². The van der Waals surface area contributed by atoms with Gasteiger partial charge in [0.1, 0.15) is 13.2 Å². The van der Waals surface area contributed by atoms with Gasteiger partial charge in [-0.25, -0.2) is 4.79 Å². The molecule has 0 fully saturated rings. The van der Waals surface area contributed by atoms with Crippen LogP contribution in [0.3, 0.4) is 0 Å². The minimum absolute atomic E-state index is 0.181.